The first-order chi connectivity index (χ1) is 14.4. The molecule has 174 valence electrons. The fourth-order valence-corrected chi connectivity index (χ4v) is 3.30. The number of halogens is 3. The molecule has 3 heterocycles. The maximum atomic E-state index is 12.4. The van der Waals surface area contributed by atoms with Crippen LogP contribution in [0.3, 0.4) is 0 Å². The number of likely N-dealkylation sites (N-methyl/N-ethyl adjacent to an activating group) is 1. The van der Waals surface area contributed by atoms with Gasteiger partial charge in [-0.3, -0.25) is 9.59 Å². The highest BCUT2D eigenvalue weighted by molar-refractivity contribution is 5.93. The number of morpholine rings is 1. The smallest absolute Gasteiger partial charge is 0.475 e. The number of amides is 2. The van der Waals surface area contributed by atoms with Crippen molar-refractivity contribution in [2.45, 2.75) is 24.6 Å². The number of piperidine rings is 1. The van der Waals surface area contributed by atoms with Crippen molar-refractivity contribution in [3.8, 4) is 0 Å². The molecular weight excluding hydrogens is 423 g/mol. The molecule has 2 fully saturated rings. The van der Waals surface area contributed by atoms with Gasteiger partial charge in [0.25, 0.3) is 5.91 Å². The summed E-state index contributed by atoms with van der Waals surface area (Å²) in [6.07, 6.45) is -0.590. The first kappa shape index (κ1) is 24.7. The van der Waals surface area contributed by atoms with Crippen LogP contribution in [0.25, 0.3) is 0 Å². The number of hydrogen-bond donors (Lipinski definition) is 1. The molecule has 1 aromatic heterocycles. The molecule has 31 heavy (non-hydrogen) atoms. The number of likely N-dealkylation sites (tertiary alicyclic amines) is 1. The number of nitrogens with zero attached hydrogens (tertiary/aromatic N) is 3. The van der Waals surface area contributed by atoms with Crippen molar-refractivity contribution in [3.05, 3.63) is 24.2 Å². The first-order valence-corrected chi connectivity index (χ1v) is 9.61. The summed E-state index contributed by atoms with van der Waals surface area (Å²) in [5.74, 6) is -2.71. The number of carboxylic acids is 1. The molecule has 0 bridgehead atoms. The van der Waals surface area contributed by atoms with Crippen molar-refractivity contribution in [1.82, 2.24) is 14.7 Å². The van der Waals surface area contributed by atoms with Crippen LogP contribution in [-0.4, -0.2) is 103 Å². The van der Waals surface area contributed by atoms with Crippen LogP contribution in [0.2, 0.25) is 0 Å². The summed E-state index contributed by atoms with van der Waals surface area (Å²) in [4.78, 5) is 39.1. The van der Waals surface area contributed by atoms with Crippen LogP contribution in [0, 0.1) is 0 Å². The molecule has 0 aliphatic carbocycles. The Bertz CT molecular complexity index is 758. The van der Waals surface area contributed by atoms with E-state index in [1.807, 2.05) is 23.9 Å². The van der Waals surface area contributed by atoms with E-state index in [0.29, 0.717) is 31.7 Å². The first-order valence-electron chi connectivity index (χ1n) is 9.61. The quantitative estimate of drug-likeness (QED) is 0.739. The predicted molar refractivity (Wildman–Crippen MR) is 101 cm³/mol. The van der Waals surface area contributed by atoms with E-state index in [2.05, 4.69) is 4.90 Å². The fraction of sp³-hybridized carbons (Fsp3) is 0.632. The zero-order valence-corrected chi connectivity index (χ0v) is 17.4. The highest BCUT2D eigenvalue weighted by Crippen LogP contribution is 2.31. The Hall–Kier alpha value is -2.60. The molecule has 0 atom stereocenters. The van der Waals surface area contributed by atoms with Crippen molar-refractivity contribution < 1.29 is 41.8 Å². The van der Waals surface area contributed by atoms with Crippen LogP contribution in [0.1, 0.15) is 23.2 Å². The van der Waals surface area contributed by atoms with Crippen LogP contribution < -0.4 is 0 Å². The van der Waals surface area contributed by atoms with Crippen LogP contribution in [0.5, 0.6) is 0 Å². The standard InChI is InChI=1S/C17H25N3O4.C2HF3O2/c1-18(2)8-9-20-13-17(24-12-15(20)21)4-6-19(7-5-17)16(22)14-3-10-23-11-14;3-2(4,5)1(6)7/h3,10-11H,4-9,12-13H2,1-2H3;(H,6,7). The molecule has 2 saturated heterocycles. The second-order valence-corrected chi connectivity index (χ2v) is 7.70. The van der Waals surface area contributed by atoms with Gasteiger partial charge in [-0.05, 0) is 33.0 Å². The molecule has 2 aliphatic heterocycles. The predicted octanol–water partition coefficient (Wildman–Crippen LogP) is 1.31. The van der Waals surface area contributed by atoms with Crippen molar-refractivity contribution in [2.24, 2.45) is 0 Å². The second-order valence-electron chi connectivity index (χ2n) is 7.70. The highest BCUT2D eigenvalue weighted by Gasteiger charge is 2.43. The third-order valence-electron chi connectivity index (χ3n) is 5.12. The Morgan fingerprint density at radius 2 is 1.87 bits per heavy atom. The SMILES string of the molecule is CN(C)CCN1CC2(CCN(C(=O)c3ccoc3)CC2)OCC1=O.O=C(O)C(F)(F)F. The minimum absolute atomic E-state index is 0.00468. The zero-order valence-electron chi connectivity index (χ0n) is 17.4. The number of carbonyl (C=O) groups excluding carboxylic acids is 2. The van der Waals surface area contributed by atoms with Crippen molar-refractivity contribution in [2.75, 3.05) is 53.4 Å². The average molecular weight is 449 g/mol. The monoisotopic (exact) mass is 449 g/mol. The van der Waals surface area contributed by atoms with E-state index in [4.69, 9.17) is 19.1 Å². The van der Waals surface area contributed by atoms with Crippen molar-refractivity contribution >= 4 is 17.8 Å². The van der Waals surface area contributed by atoms with Gasteiger partial charge in [0, 0.05) is 32.7 Å². The lowest BCUT2D eigenvalue weighted by Crippen LogP contribution is -2.59. The van der Waals surface area contributed by atoms with Gasteiger partial charge in [0.05, 0.1) is 17.4 Å². The van der Waals surface area contributed by atoms with Crippen LogP contribution in [0.4, 0.5) is 13.2 Å². The van der Waals surface area contributed by atoms with Gasteiger partial charge in [-0.1, -0.05) is 0 Å². The number of rotatable bonds is 4. The Labute approximate surface area is 177 Å². The molecule has 9 nitrogen and oxygen atoms in total. The summed E-state index contributed by atoms with van der Waals surface area (Å²) in [7, 11) is 4.00. The summed E-state index contributed by atoms with van der Waals surface area (Å²) >= 11 is 0. The lowest BCUT2D eigenvalue weighted by Gasteiger charge is -2.47. The number of carbonyl (C=O) groups is 3. The maximum absolute atomic E-state index is 12.4. The number of alkyl halides is 3. The molecule has 0 saturated carbocycles. The molecule has 0 radical (unpaired) electrons. The van der Waals surface area contributed by atoms with Gasteiger partial charge in [-0.15, -0.1) is 0 Å². The van der Waals surface area contributed by atoms with E-state index >= 15 is 0 Å². The third-order valence-corrected chi connectivity index (χ3v) is 5.12. The molecule has 0 unspecified atom stereocenters. The van der Waals surface area contributed by atoms with Gasteiger partial charge >= 0.3 is 12.1 Å². The topological polar surface area (TPSA) is 104 Å². The van der Waals surface area contributed by atoms with Gasteiger partial charge < -0.3 is 29.0 Å². The summed E-state index contributed by atoms with van der Waals surface area (Å²) in [5, 5.41) is 7.12. The normalized spacial score (nSPS) is 18.7. The van der Waals surface area contributed by atoms with E-state index in [-0.39, 0.29) is 24.0 Å². The highest BCUT2D eigenvalue weighted by atomic mass is 19.4. The number of aliphatic carboxylic acids is 1. The van der Waals surface area contributed by atoms with Crippen molar-refractivity contribution in [1.29, 1.82) is 0 Å². The molecule has 1 N–H and O–H groups in total. The Morgan fingerprint density at radius 3 is 2.35 bits per heavy atom. The van der Waals surface area contributed by atoms with E-state index in [0.717, 1.165) is 19.4 Å². The van der Waals surface area contributed by atoms with Crippen LogP contribution in [0.15, 0.2) is 23.0 Å². The van der Waals surface area contributed by atoms with E-state index in [1.54, 1.807) is 6.07 Å². The summed E-state index contributed by atoms with van der Waals surface area (Å²) < 4.78 is 42.6. The lowest BCUT2D eigenvalue weighted by molar-refractivity contribution is -0.192. The second kappa shape index (κ2) is 10.1. The van der Waals surface area contributed by atoms with E-state index in [1.165, 1.54) is 12.5 Å². The van der Waals surface area contributed by atoms with E-state index in [9.17, 15) is 22.8 Å². The summed E-state index contributed by atoms with van der Waals surface area (Å²) in [6.45, 7) is 3.59. The minimum atomic E-state index is -5.08. The minimum Gasteiger partial charge on any atom is -0.475 e. The summed E-state index contributed by atoms with van der Waals surface area (Å²) in [6, 6.07) is 1.69. The third kappa shape index (κ3) is 6.96. The zero-order chi connectivity index (χ0) is 23.2. The molecule has 2 aliphatic rings. The number of furan rings is 1. The Kier molecular flexibility index (Phi) is 8.07. The molecule has 2 amide bonds. The molecule has 1 spiro atoms. The number of carboxylic acid groups (broad SMARTS) is 1. The van der Waals surface area contributed by atoms with Crippen LogP contribution in [-0.2, 0) is 14.3 Å². The fourth-order valence-electron chi connectivity index (χ4n) is 3.30. The molecule has 1 aromatic rings. The number of ether oxygens (including phenoxy) is 1. The number of hydrogen-bond acceptors (Lipinski definition) is 6. The van der Waals surface area contributed by atoms with E-state index < -0.39 is 12.1 Å². The van der Waals surface area contributed by atoms with Gasteiger partial charge in [-0.25, -0.2) is 4.79 Å². The molecule has 0 aromatic carbocycles. The molecule has 3 rings (SSSR count). The van der Waals surface area contributed by atoms with Gasteiger partial charge in [0.2, 0.25) is 5.91 Å². The Balaban J connectivity index is 0.000000423. The van der Waals surface area contributed by atoms with Crippen LogP contribution >= 0.6 is 0 Å². The summed E-state index contributed by atoms with van der Waals surface area (Å²) in [5.41, 5.74) is 0.270. The average Bonchev–Trinajstić information content (AvgIpc) is 3.23. The maximum Gasteiger partial charge on any atom is 0.490 e. The van der Waals surface area contributed by atoms with Gasteiger partial charge in [0.1, 0.15) is 12.9 Å². The molecule has 12 heteroatoms. The van der Waals surface area contributed by atoms with Gasteiger partial charge in [-0.2, -0.15) is 13.2 Å². The molecular formula is C19H26F3N3O6. The van der Waals surface area contributed by atoms with Gasteiger partial charge in [0.15, 0.2) is 0 Å². The lowest BCUT2D eigenvalue weighted by atomic mass is 9.89. The Morgan fingerprint density at radius 1 is 1.26 bits per heavy atom. The largest absolute Gasteiger partial charge is 0.490 e. The van der Waals surface area contributed by atoms with Crippen molar-refractivity contribution in [3.63, 3.8) is 0 Å².